The molecule has 3 saturated heterocycles. The predicted octanol–water partition coefficient (Wildman–Crippen LogP) is 10.5. The Morgan fingerprint density at radius 1 is 0.982 bits per heavy atom. The maximum absolute atomic E-state index is 17.5. The van der Waals surface area contributed by atoms with Crippen molar-refractivity contribution in [3.8, 4) is 28.5 Å². The summed E-state index contributed by atoms with van der Waals surface area (Å²) in [7, 11) is -0.724. The SMILES string of the molecule is COCOc1cc(-c2ncc3c(N4CC5CCC4CN5C(=O)OC(C)(C)C)nc(C)c(C)c3c2F)c2c(C#C[Si](C(C)C)(C(C)C)C(C)C)c(F)ccc2c1. The van der Waals surface area contributed by atoms with Crippen LogP contribution < -0.4 is 9.64 Å². The molecule has 2 unspecified atom stereocenters. The highest BCUT2D eigenvalue weighted by Crippen LogP contribution is 2.44. The van der Waals surface area contributed by atoms with E-state index in [0.29, 0.717) is 79.6 Å². The molecule has 2 bridgehead atoms. The van der Waals surface area contributed by atoms with E-state index in [1.807, 2.05) is 45.6 Å². The number of aromatic nitrogens is 2. The third-order valence-corrected chi connectivity index (χ3v) is 18.1. The molecule has 4 aromatic rings. The summed E-state index contributed by atoms with van der Waals surface area (Å²) in [4.78, 5) is 27.0. The van der Waals surface area contributed by atoms with Crippen molar-refractivity contribution in [2.75, 3.05) is 31.9 Å². The van der Waals surface area contributed by atoms with E-state index < -0.39 is 25.3 Å². The molecule has 2 aromatic heterocycles. The van der Waals surface area contributed by atoms with E-state index >= 15 is 8.78 Å². The zero-order valence-corrected chi connectivity index (χ0v) is 35.5. The molecule has 294 valence electrons. The quantitative estimate of drug-likeness (QED) is 0.100. The summed E-state index contributed by atoms with van der Waals surface area (Å²) < 4.78 is 50.5. The summed E-state index contributed by atoms with van der Waals surface area (Å²) in [6, 6.07) is 6.54. The second-order valence-corrected chi connectivity index (χ2v) is 22.8. The fourth-order valence-corrected chi connectivity index (χ4v) is 14.3. The summed E-state index contributed by atoms with van der Waals surface area (Å²) in [6.45, 7) is 23.7. The average molecular weight is 771 g/mol. The van der Waals surface area contributed by atoms with Gasteiger partial charge in [-0.15, -0.1) is 5.54 Å². The van der Waals surface area contributed by atoms with Crippen LogP contribution >= 0.6 is 0 Å². The van der Waals surface area contributed by atoms with Crippen molar-refractivity contribution in [1.29, 1.82) is 0 Å². The topological polar surface area (TPSA) is 77.0 Å². The van der Waals surface area contributed by atoms with Crippen molar-refractivity contribution >= 4 is 41.5 Å². The molecular weight excluding hydrogens is 715 g/mol. The second kappa shape index (κ2) is 15.3. The smallest absolute Gasteiger partial charge is 0.410 e. The Kier molecular flexibility index (Phi) is 11.3. The number of halogens is 2. The minimum absolute atomic E-state index is 0.0149. The summed E-state index contributed by atoms with van der Waals surface area (Å²) in [5.74, 6) is 3.44. The molecule has 3 aliphatic heterocycles. The van der Waals surface area contributed by atoms with Gasteiger partial charge in [0.1, 0.15) is 36.8 Å². The maximum atomic E-state index is 17.5. The molecule has 0 radical (unpaired) electrons. The van der Waals surface area contributed by atoms with Gasteiger partial charge in [-0.25, -0.2) is 18.6 Å². The molecule has 3 aliphatic rings. The van der Waals surface area contributed by atoms with Crippen LogP contribution in [-0.4, -0.2) is 73.7 Å². The van der Waals surface area contributed by atoms with Crippen LogP contribution in [0.15, 0.2) is 30.5 Å². The minimum atomic E-state index is -2.26. The zero-order chi connectivity index (χ0) is 40.1. The molecular formula is C44H56F2N4O4Si. The van der Waals surface area contributed by atoms with Gasteiger partial charge < -0.3 is 24.0 Å². The number of hydrogen-bond donors (Lipinski definition) is 0. The number of piperidine rings is 2. The van der Waals surface area contributed by atoms with Crippen molar-refractivity contribution in [2.24, 2.45) is 0 Å². The Morgan fingerprint density at radius 3 is 2.25 bits per heavy atom. The molecule has 3 fully saturated rings. The maximum Gasteiger partial charge on any atom is 0.410 e. The highest BCUT2D eigenvalue weighted by molar-refractivity contribution is 6.90. The molecule has 7 rings (SSSR count). The number of ether oxygens (including phenoxy) is 3. The predicted molar refractivity (Wildman–Crippen MR) is 219 cm³/mol. The van der Waals surface area contributed by atoms with Crippen LogP contribution in [0.1, 0.15) is 92.0 Å². The van der Waals surface area contributed by atoms with Crippen molar-refractivity contribution in [3.05, 3.63) is 58.9 Å². The van der Waals surface area contributed by atoms with Gasteiger partial charge in [0.25, 0.3) is 0 Å². The largest absolute Gasteiger partial charge is 0.468 e. The number of piperazine rings is 1. The number of anilines is 1. The third-order valence-electron chi connectivity index (χ3n) is 11.8. The first kappa shape index (κ1) is 40.4. The first-order chi connectivity index (χ1) is 25.9. The Morgan fingerprint density at radius 2 is 1.65 bits per heavy atom. The molecule has 5 heterocycles. The number of hydrogen-bond acceptors (Lipinski definition) is 7. The minimum Gasteiger partial charge on any atom is -0.468 e. The number of nitrogens with zero attached hydrogens (tertiary/aromatic N) is 4. The van der Waals surface area contributed by atoms with Crippen LogP contribution in [-0.2, 0) is 9.47 Å². The van der Waals surface area contributed by atoms with Crippen LogP contribution in [0.2, 0.25) is 16.6 Å². The number of methoxy groups -OCH3 is 1. The zero-order valence-electron chi connectivity index (χ0n) is 34.5. The van der Waals surface area contributed by atoms with Gasteiger partial charge in [0, 0.05) is 59.9 Å². The van der Waals surface area contributed by atoms with Crippen LogP contribution in [0.3, 0.4) is 0 Å². The summed E-state index contributed by atoms with van der Waals surface area (Å²) >= 11 is 0. The third kappa shape index (κ3) is 7.40. The fourth-order valence-electron chi connectivity index (χ4n) is 9.08. The van der Waals surface area contributed by atoms with E-state index in [9.17, 15) is 4.79 Å². The Balaban J connectivity index is 1.54. The van der Waals surface area contributed by atoms with Gasteiger partial charge in [0.15, 0.2) is 12.6 Å². The lowest BCUT2D eigenvalue weighted by atomic mass is 9.90. The number of benzene rings is 2. The van der Waals surface area contributed by atoms with Crippen molar-refractivity contribution in [2.45, 2.75) is 123 Å². The van der Waals surface area contributed by atoms with Gasteiger partial charge in [0.05, 0.1) is 11.6 Å². The molecule has 1 amide bonds. The molecule has 2 aromatic carbocycles. The van der Waals surface area contributed by atoms with Gasteiger partial charge in [0.2, 0.25) is 0 Å². The molecule has 8 nitrogen and oxygen atoms in total. The first-order valence-electron chi connectivity index (χ1n) is 19.5. The average Bonchev–Trinajstić information content (AvgIpc) is 3.12. The number of aryl methyl sites for hydroxylation is 2. The highest BCUT2D eigenvalue weighted by atomic mass is 28.3. The van der Waals surface area contributed by atoms with Crippen LogP contribution in [0.25, 0.3) is 32.8 Å². The van der Waals surface area contributed by atoms with Crippen LogP contribution in [0.5, 0.6) is 5.75 Å². The molecule has 0 N–H and O–H groups in total. The normalized spacial score (nSPS) is 17.5. The number of amides is 1. The molecule has 0 spiro atoms. The summed E-state index contributed by atoms with van der Waals surface area (Å²) in [6.07, 6.45) is 3.10. The van der Waals surface area contributed by atoms with E-state index in [0.717, 1.165) is 12.8 Å². The van der Waals surface area contributed by atoms with Gasteiger partial charge >= 0.3 is 6.09 Å². The lowest BCUT2D eigenvalue weighted by molar-refractivity contribution is 0.000811. The molecule has 2 atom stereocenters. The Labute approximate surface area is 326 Å². The Bertz CT molecular complexity index is 2170. The molecule has 55 heavy (non-hydrogen) atoms. The fraction of sp³-hybridized carbons (Fsp3) is 0.523. The van der Waals surface area contributed by atoms with E-state index in [1.54, 1.807) is 18.3 Å². The molecule has 0 aliphatic carbocycles. The number of carbonyl (C=O) groups excluding carboxylic acids is 1. The highest BCUT2D eigenvalue weighted by Gasteiger charge is 2.44. The lowest BCUT2D eigenvalue weighted by Gasteiger charge is -2.51. The van der Waals surface area contributed by atoms with Crippen LogP contribution in [0.4, 0.5) is 19.4 Å². The number of pyridine rings is 2. The van der Waals surface area contributed by atoms with Crippen molar-refractivity contribution in [3.63, 3.8) is 0 Å². The van der Waals surface area contributed by atoms with E-state index in [2.05, 4.69) is 57.9 Å². The summed E-state index contributed by atoms with van der Waals surface area (Å²) in [5.41, 5.74) is 6.20. The summed E-state index contributed by atoms with van der Waals surface area (Å²) in [5, 5.41) is 2.14. The van der Waals surface area contributed by atoms with E-state index in [-0.39, 0.29) is 36.2 Å². The van der Waals surface area contributed by atoms with Gasteiger partial charge in [-0.05, 0) is 93.2 Å². The first-order valence-corrected chi connectivity index (χ1v) is 21.8. The molecule has 0 saturated carbocycles. The number of fused-ring (bicyclic) bond motifs is 5. The molecule has 11 heteroatoms. The van der Waals surface area contributed by atoms with Gasteiger partial charge in [-0.3, -0.25) is 4.98 Å². The van der Waals surface area contributed by atoms with Crippen LogP contribution in [0, 0.1) is 36.9 Å². The number of rotatable bonds is 8. The van der Waals surface area contributed by atoms with Gasteiger partial charge in [-0.2, -0.15) is 0 Å². The van der Waals surface area contributed by atoms with E-state index in [1.165, 1.54) is 13.2 Å². The Hall–Kier alpha value is -4.27. The van der Waals surface area contributed by atoms with Crippen molar-refractivity contribution < 1.29 is 27.8 Å². The van der Waals surface area contributed by atoms with Crippen molar-refractivity contribution in [1.82, 2.24) is 14.9 Å². The second-order valence-electron chi connectivity index (χ2n) is 17.2. The van der Waals surface area contributed by atoms with E-state index in [4.69, 9.17) is 24.2 Å². The lowest BCUT2D eigenvalue weighted by Crippen LogP contribution is -2.64. The standard InChI is InChI=1S/C44H56F2N4O4Si/c1-25(2)55(26(3)4,27(5)6)18-17-34-37(45)16-13-30-19-33(53-24-52-12)20-35(39(30)34)41-40(46)38-28(7)29(8)48-42(36(38)21-47-41)49-22-32-15-14-31(49)23-50(32)43(51)54-44(9,10)11/h13,16,19-21,25-27,31-32H,14-15,22-24H2,1-12H3. The van der Waals surface area contributed by atoms with Gasteiger partial charge in [-0.1, -0.05) is 53.5 Å². The monoisotopic (exact) mass is 770 g/mol. The number of carbonyl (C=O) groups is 1.